The van der Waals surface area contributed by atoms with E-state index in [-0.39, 0.29) is 0 Å². The Morgan fingerprint density at radius 3 is 2.70 bits per heavy atom. The van der Waals surface area contributed by atoms with Crippen molar-refractivity contribution in [2.24, 2.45) is 7.05 Å². The Morgan fingerprint density at radius 2 is 2.15 bits per heavy atom. The Kier molecular flexibility index (Phi) is 4.68. The SMILES string of the molecule is CCc1cc(COc2ccc([C@H](C)O)cc2Cl)n(C)n1. The summed E-state index contributed by atoms with van der Waals surface area (Å²) in [6.45, 7) is 4.18. The maximum atomic E-state index is 9.50. The van der Waals surface area contributed by atoms with Gasteiger partial charge < -0.3 is 9.84 Å². The van der Waals surface area contributed by atoms with Gasteiger partial charge in [0.2, 0.25) is 0 Å². The summed E-state index contributed by atoms with van der Waals surface area (Å²) in [6.07, 6.45) is 0.364. The highest BCUT2D eigenvalue weighted by molar-refractivity contribution is 6.32. The van der Waals surface area contributed by atoms with Gasteiger partial charge in [-0.3, -0.25) is 4.68 Å². The Morgan fingerprint density at radius 1 is 1.40 bits per heavy atom. The quantitative estimate of drug-likeness (QED) is 0.920. The molecule has 0 saturated heterocycles. The summed E-state index contributed by atoms with van der Waals surface area (Å²) in [5.41, 5.74) is 2.82. The number of hydrogen-bond acceptors (Lipinski definition) is 3. The molecular formula is C15H19ClN2O2. The minimum Gasteiger partial charge on any atom is -0.486 e. The summed E-state index contributed by atoms with van der Waals surface area (Å²) in [5, 5.41) is 14.4. The molecular weight excluding hydrogens is 276 g/mol. The number of rotatable bonds is 5. The van der Waals surface area contributed by atoms with Crippen LogP contribution in [0.15, 0.2) is 24.3 Å². The van der Waals surface area contributed by atoms with Crippen LogP contribution in [-0.2, 0) is 20.1 Å². The third-order valence-corrected chi connectivity index (χ3v) is 3.50. The smallest absolute Gasteiger partial charge is 0.138 e. The van der Waals surface area contributed by atoms with Crippen molar-refractivity contribution in [3.63, 3.8) is 0 Å². The van der Waals surface area contributed by atoms with Gasteiger partial charge in [0, 0.05) is 7.05 Å². The highest BCUT2D eigenvalue weighted by atomic mass is 35.5. The number of nitrogens with zero attached hydrogens (tertiary/aromatic N) is 2. The van der Waals surface area contributed by atoms with Crippen molar-refractivity contribution in [1.82, 2.24) is 9.78 Å². The number of halogens is 1. The van der Waals surface area contributed by atoms with Crippen molar-refractivity contribution in [2.45, 2.75) is 33.0 Å². The molecule has 1 atom stereocenters. The van der Waals surface area contributed by atoms with E-state index in [1.54, 1.807) is 19.1 Å². The Balaban J connectivity index is 2.08. The van der Waals surface area contributed by atoms with Crippen molar-refractivity contribution in [2.75, 3.05) is 0 Å². The van der Waals surface area contributed by atoms with E-state index in [2.05, 4.69) is 12.0 Å². The first kappa shape index (κ1) is 14.9. The molecule has 0 fully saturated rings. The van der Waals surface area contributed by atoms with Crippen molar-refractivity contribution in [3.05, 3.63) is 46.2 Å². The van der Waals surface area contributed by atoms with E-state index >= 15 is 0 Å². The van der Waals surface area contributed by atoms with E-state index in [0.717, 1.165) is 23.4 Å². The number of hydrogen-bond donors (Lipinski definition) is 1. The molecule has 0 spiro atoms. The molecule has 1 N–H and O–H groups in total. The molecule has 5 heteroatoms. The van der Waals surface area contributed by atoms with Gasteiger partial charge in [0.15, 0.2) is 0 Å². The van der Waals surface area contributed by atoms with Gasteiger partial charge in [-0.05, 0) is 37.1 Å². The standard InChI is InChI=1S/C15H19ClN2O2/c1-4-12-8-13(18(3)17-12)9-20-15-6-5-11(10(2)19)7-14(15)16/h5-8,10,19H,4,9H2,1-3H3/t10-/m0/s1. The highest BCUT2D eigenvalue weighted by Gasteiger charge is 2.09. The molecule has 0 aliphatic rings. The lowest BCUT2D eigenvalue weighted by Crippen LogP contribution is -2.03. The second-order valence-corrected chi connectivity index (χ2v) is 5.17. The second-order valence-electron chi connectivity index (χ2n) is 4.76. The largest absolute Gasteiger partial charge is 0.486 e. The van der Waals surface area contributed by atoms with E-state index in [4.69, 9.17) is 16.3 Å². The van der Waals surface area contributed by atoms with Crippen LogP contribution in [0.2, 0.25) is 5.02 Å². The van der Waals surface area contributed by atoms with Gasteiger partial charge in [-0.25, -0.2) is 0 Å². The van der Waals surface area contributed by atoms with Crippen LogP contribution in [0.3, 0.4) is 0 Å². The number of ether oxygens (including phenoxy) is 1. The first-order valence-electron chi connectivity index (χ1n) is 6.63. The third kappa shape index (κ3) is 3.32. The number of aliphatic hydroxyl groups is 1. The van der Waals surface area contributed by atoms with Gasteiger partial charge in [-0.15, -0.1) is 0 Å². The Bertz CT molecular complexity index is 594. The number of aliphatic hydroxyl groups excluding tert-OH is 1. The van der Waals surface area contributed by atoms with Crippen molar-refractivity contribution in [1.29, 1.82) is 0 Å². The zero-order valence-electron chi connectivity index (χ0n) is 11.9. The molecule has 1 heterocycles. The molecule has 108 valence electrons. The van der Waals surface area contributed by atoms with Gasteiger partial charge in [-0.2, -0.15) is 5.10 Å². The molecule has 0 amide bonds. The maximum absolute atomic E-state index is 9.50. The summed E-state index contributed by atoms with van der Waals surface area (Å²) >= 11 is 6.15. The van der Waals surface area contributed by atoms with Gasteiger partial charge in [0.25, 0.3) is 0 Å². The molecule has 1 aromatic heterocycles. The average molecular weight is 295 g/mol. The molecule has 0 unspecified atom stereocenters. The molecule has 2 aromatic rings. The van der Waals surface area contributed by atoms with Gasteiger partial charge in [-0.1, -0.05) is 24.6 Å². The van der Waals surface area contributed by atoms with Crippen LogP contribution < -0.4 is 4.74 Å². The predicted molar refractivity (Wildman–Crippen MR) is 79.0 cm³/mol. The number of aromatic nitrogens is 2. The molecule has 0 radical (unpaired) electrons. The molecule has 0 saturated carbocycles. The molecule has 2 rings (SSSR count). The predicted octanol–water partition coefficient (Wildman–Crippen LogP) is 3.27. The fourth-order valence-corrected chi connectivity index (χ4v) is 2.17. The number of benzene rings is 1. The first-order valence-corrected chi connectivity index (χ1v) is 7.01. The van der Waals surface area contributed by atoms with Crippen molar-refractivity contribution in [3.8, 4) is 5.75 Å². The minimum atomic E-state index is -0.536. The lowest BCUT2D eigenvalue weighted by molar-refractivity contribution is 0.199. The molecule has 4 nitrogen and oxygen atoms in total. The summed E-state index contributed by atoms with van der Waals surface area (Å²) < 4.78 is 7.54. The Labute approximate surface area is 123 Å². The first-order chi connectivity index (χ1) is 9.51. The summed E-state index contributed by atoms with van der Waals surface area (Å²) in [7, 11) is 1.90. The molecule has 0 aliphatic carbocycles. The Hall–Kier alpha value is -1.52. The normalized spacial score (nSPS) is 12.4. The van der Waals surface area contributed by atoms with E-state index < -0.39 is 6.10 Å². The highest BCUT2D eigenvalue weighted by Crippen LogP contribution is 2.28. The lowest BCUT2D eigenvalue weighted by atomic mass is 10.1. The molecule has 20 heavy (non-hydrogen) atoms. The van der Waals surface area contributed by atoms with Crippen LogP contribution in [-0.4, -0.2) is 14.9 Å². The van der Waals surface area contributed by atoms with Crippen LogP contribution in [0.1, 0.15) is 36.9 Å². The zero-order chi connectivity index (χ0) is 14.7. The van der Waals surface area contributed by atoms with Gasteiger partial charge >= 0.3 is 0 Å². The summed E-state index contributed by atoms with van der Waals surface area (Å²) in [6, 6.07) is 7.34. The lowest BCUT2D eigenvalue weighted by Gasteiger charge is -2.10. The fourth-order valence-electron chi connectivity index (χ4n) is 1.93. The van der Waals surface area contributed by atoms with Crippen molar-refractivity contribution >= 4 is 11.6 Å². The second kappa shape index (κ2) is 6.29. The monoisotopic (exact) mass is 294 g/mol. The molecule has 0 bridgehead atoms. The van der Waals surface area contributed by atoms with E-state index in [0.29, 0.717) is 17.4 Å². The van der Waals surface area contributed by atoms with Crippen LogP contribution in [0.4, 0.5) is 0 Å². The van der Waals surface area contributed by atoms with Gasteiger partial charge in [0.1, 0.15) is 12.4 Å². The van der Waals surface area contributed by atoms with Gasteiger partial charge in [0.05, 0.1) is 22.5 Å². The topological polar surface area (TPSA) is 47.3 Å². The third-order valence-electron chi connectivity index (χ3n) is 3.20. The molecule has 0 aliphatic heterocycles. The van der Waals surface area contributed by atoms with E-state index in [9.17, 15) is 5.11 Å². The maximum Gasteiger partial charge on any atom is 0.138 e. The zero-order valence-corrected chi connectivity index (χ0v) is 12.7. The fraction of sp³-hybridized carbons (Fsp3) is 0.400. The van der Waals surface area contributed by atoms with Crippen LogP contribution in [0, 0.1) is 0 Å². The summed E-state index contributed by atoms with van der Waals surface area (Å²) in [4.78, 5) is 0. The molecule has 1 aromatic carbocycles. The van der Waals surface area contributed by atoms with E-state index in [1.165, 1.54) is 0 Å². The van der Waals surface area contributed by atoms with E-state index in [1.807, 2.05) is 23.9 Å². The van der Waals surface area contributed by atoms with Crippen LogP contribution in [0.25, 0.3) is 0 Å². The average Bonchev–Trinajstić information content (AvgIpc) is 2.78. The number of aryl methyl sites for hydroxylation is 2. The minimum absolute atomic E-state index is 0.414. The van der Waals surface area contributed by atoms with Crippen LogP contribution in [0.5, 0.6) is 5.75 Å². The summed E-state index contributed by atoms with van der Waals surface area (Å²) in [5.74, 6) is 0.607. The van der Waals surface area contributed by atoms with Crippen LogP contribution >= 0.6 is 11.6 Å². The van der Waals surface area contributed by atoms with Crippen molar-refractivity contribution < 1.29 is 9.84 Å².